The molecule has 1 saturated heterocycles. The van der Waals surface area contributed by atoms with Gasteiger partial charge < -0.3 is 20.5 Å². The molecule has 0 bridgehead atoms. The zero-order valence-corrected chi connectivity index (χ0v) is 15.8. The number of nitrogens with zero attached hydrogens (tertiary/aromatic N) is 5. The third-order valence-electron chi connectivity index (χ3n) is 4.80. The molecular weight excluding hydrogens is 379 g/mol. The Balaban J connectivity index is 1.71. The first-order valence-corrected chi connectivity index (χ1v) is 9.32. The Morgan fingerprint density at radius 1 is 1.41 bits per heavy atom. The molecule has 3 aromatic rings. The Kier molecular flexibility index (Phi) is 5.01. The Morgan fingerprint density at radius 3 is 3.00 bits per heavy atom. The predicted octanol–water partition coefficient (Wildman–Crippen LogP) is 2.03. The smallest absolute Gasteiger partial charge is 0.356 e. The summed E-state index contributed by atoms with van der Waals surface area (Å²) in [6.45, 7) is 2.76. The molecule has 3 N–H and O–H groups in total. The Labute approximate surface area is 165 Å². The summed E-state index contributed by atoms with van der Waals surface area (Å²) in [5, 5.41) is 13.8. The van der Waals surface area contributed by atoms with Crippen LogP contribution in [0.1, 0.15) is 41.9 Å². The van der Waals surface area contributed by atoms with E-state index in [9.17, 15) is 14.3 Å². The number of nitrogens with two attached hydrogens (primary N) is 1. The van der Waals surface area contributed by atoms with Crippen molar-refractivity contribution in [3.8, 4) is 5.88 Å². The summed E-state index contributed by atoms with van der Waals surface area (Å²) in [6.07, 6.45) is 4.01. The number of halogens is 1. The molecular formula is C19H21FN6O3. The largest absolute Gasteiger partial charge is 0.476 e. The highest BCUT2D eigenvalue weighted by Gasteiger charge is 2.31. The Bertz CT molecular complexity index is 1050. The summed E-state index contributed by atoms with van der Waals surface area (Å²) in [7, 11) is 0. The van der Waals surface area contributed by atoms with Crippen LogP contribution in [0.5, 0.6) is 5.88 Å². The summed E-state index contributed by atoms with van der Waals surface area (Å²) in [6, 6.07) is 4.52. The van der Waals surface area contributed by atoms with Crippen molar-refractivity contribution in [2.75, 3.05) is 18.1 Å². The summed E-state index contributed by atoms with van der Waals surface area (Å²) >= 11 is 0. The fraction of sp³-hybridized carbons (Fsp3) is 0.368. The van der Waals surface area contributed by atoms with Crippen LogP contribution >= 0.6 is 0 Å². The van der Waals surface area contributed by atoms with E-state index < -0.39 is 11.8 Å². The van der Waals surface area contributed by atoms with Gasteiger partial charge >= 0.3 is 5.97 Å². The van der Waals surface area contributed by atoms with Gasteiger partial charge in [-0.05, 0) is 38.0 Å². The van der Waals surface area contributed by atoms with Crippen molar-refractivity contribution in [2.45, 2.75) is 31.8 Å². The van der Waals surface area contributed by atoms with Gasteiger partial charge in [0, 0.05) is 18.2 Å². The van der Waals surface area contributed by atoms with Gasteiger partial charge in [0.1, 0.15) is 18.2 Å². The number of carboxylic acid groups (broad SMARTS) is 1. The van der Waals surface area contributed by atoms with Gasteiger partial charge in [-0.1, -0.05) is 0 Å². The second kappa shape index (κ2) is 7.63. The van der Waals surface area contributed by atoms with Gasteiger partial charge in [-0.2, -0.15) is 0 Å². The number of ether oxygens (including phenoxy) is 1. The van der Waals surface area contributed by atoms with Crippen LogP contribution in [0.4, 0.5) is 10.2 Å². The number of hydrogen-bond donors (Lipinski definition) is 2. The van der Waals surface area contributed by atoms with E-state index in [1.54, 1.807) is 12.1 Å². The molecule has 9 nitrogen and oxygen atoms in total. The minimum Gasteiger partial charge on any atom is -0.476 e. The quantitative estimate of drug-likeness (QED) is 0.645. The number of carboxylic acids is 1. The maximum atomic E-state index is 14.0. The molecule has 0 unspecified atom stereocenters. The third kappa shape index (κ3) is 3.70. The van der Waals surface area contributed by atoms with Crippen LogP contribution < -0.4 is 15.4 Å². The molecule has 0 aliphatic carbocycles. The van der Waals surface area contributed by atoms with E-state index >= 15 is 0 Å². The lowest BCUT2D eigenvalue weighted by Gasteiger charge is -2.27. The normalized spacial score (nSPS) is 17.6. The molecule has 0 spiro atoms. The lowest BCUT2D eigenvalue weighted by Crippen LogP contribution is -2.27. The SMILES string of the molecule is C[C@H](N)COc1ncc(F)cc1[C@H]1CCCN1c1ccc2ncc(C(=O)O)n2n1. The molecule has 152 valence electrons. The Hall–Kier alpha value is -3.27. The standard InChI is InChI=1S/C19H21FN6O3/c1-11(21)10-29-18-13(7-12(20)8-23-18)14-3-2-6-25(14)17-5-4-16-22-9-15(19(27)28)26(16)24-17/h4-5,7-9,11,14H,2-3,6,10,21H2,1H3,(H,27,28)/t11-,14+/m0/s1. The monoisotopic (exact) mass is 400 g/mol. The summed E-state index contributed by atoms with van der Waals surface area (Å²) < 4.78 is 21.0. The zero-order chi connectivity index (χ0) is 20.5. The van der Waals surface area contributed by atoms with Crippen molar-refractivity contribution in [1.29, 1.82) is 0 Å². The predicted molar refractivity (Wildman–Crippen MR) is 103 cm³/mol. The Morgan fingerprint density at radius 2 is 2.24 bits per heavy atom. The van der Waals surface area contributed by atoms with Crippen LogP contribution in [0.2, 0.25) is 0 Å². The fourth-order valence-electron chi connectivity index (χ4n) is 3.54. The van der Waals surface area contributed by atoms with Crippen LogP contribution in [0.15, 0.2) is 30.6 Å². The number of carbonyl (C=O) groups is 1. The molecule has 0 aromatic carbocycles. The molecule has 10 heteroatoms. The van der Waals surface area contributed by atoms with Crippen molar-refractivity contribution >= 4 is 17.4 Å². The van der Waals surface area contributed by atoms with Crippen molar-refractivity contribution in [2.24, 2.45) is 5.73 Å². The van der Waals surface area contributed by atoms with E-state index in [0.717, 1.165) is 19.0 Å². The highest BCUT2D eigenvalue weighted by Crippen LogP contribution is 2.38. The summed E-state index contributed by atoms with van der Waals surface area (Å²) in [4.78, 5) is 21.6. The van der Waals surface area contributed by atoms with Crippen LogP contribution in [-0.4, -0.2) is 49.9 Å². The maximum Gasteiger partial charge on any atom is 0.356 e. The number of anilines is 1. The average molecular weight is 400 g/mol. The van der Waals surface area contributed by atoms with Gasteiger partial charge in [0.05, 0.1) is 18.4 Å². The first-order valence-electron chi connectivity index (χ1n) is 9.32. The average Bonchev–Trinajstić information content (AvgIpc) is 3.33. The van der Waals surface area contributed by atoms with Crippen molar-refractivity contribution in [1.82, 2.24) is 19.6 Å². The number of rotatable bonds is 6. The number of fused-ring (bicyclic) bond motifs is 1. The van der Waals surface area contributed by atoms with E-state index in [0.29, 0.717) is 29.5 Å². The molecule has 0 radical (unpaired) electrons. The molecule has 1 fully saturated rings. The molecule has 0 saturated carbocycles. The van der Waals surface area contributed by atoms with Gasteiger partial charge in [0.15, 0.2) is 11.3 Å². The van der Waals surface area contributed by atoms with Crippen molar-refractivity contribution in [3.05, 3.63) is 47.7 Å². The van der Waals surface area contributed by atoms with Gasteiger partial charge in [0.25, 0.3) is 0 Å². The van der Waals surface area contributed by atoms with Gasteiger partial charge in [-0.15, -0.1) is 5.10 Å². The zero-order valence-electron chi connectivity index (χ0n) is 15.8. The minimum absolute atomic E-state index is 0.0222. The highest BCUT2D eigenvalue weighted by molar-refractivity contribution is 5.86. The second-order valence-corrected chi connectivity index (χ2v) is 7.10. The number of pyridine rings is 1. The first kappa shape index (κ1) is 19.1. The van der Waals surface area contributed by atoms with E-state index in [1.807, 2.05) is 11.8 Å². The second-order valence-electron chi connectivity index (χ2n) is 7.10. The lowest BCUT2D eigenvalue weighted by atomic mass is 10.1. The highest BCUT2D eigenvalue weighted by atomic mass is 19.1. The minimum atomic E-state index is -1.11. The van der Waals surface area contributed by atoms with Crippen LogP contribution in [-0.2, 0) is 0 Å². The van der Waals surface area contributed by atoms with Gasteiger partial charge in [-0.3, -0.25) is 0 Å². The van der Waals surface area contributed by atoms with Crippen LogP contribution in [0, 0.1) is 5.82 Å². The molecule has 0 amide bonds. The first-order chi connectivity index (χ1) is 13.9. The van der Waals surface area contributed by atoms with Crippen LogP contribution in [0.25, 0.3) is 5.65 Å². The topological polar surface area (TPSA) is 119 Å². The lowest BCUT2D eigenvalue weighted by molar-refractivity contribution is 0.0688. The number of hydrogen-bond acceptors (Lipinski definition) is 7. The number of aromatic nitrogens is 4. The van der Waals surface area contributed by atoms with Crippen molar-refractivity contribution in [3.63, 3.8) is 0 Å². The molecule has 4 heterocycles. The molecule has 1 aliphatic rings. The molecule has 29 heavy (non-hydrogen) atoms. The summed E-state index contributed by atoms with van der Waals surface area (Å²) in [5.41, 5.74) is 6.81. The van der Waals surface area contributed by atoms with E-state index in [1.165, 1.54) is 16.8 Å². The van der Waals surface area contributed by atoms with Gasteiger partial charge in [-0.25, -0.2) is 23.7 Å². The van der Waals surface area contributed by atoms with E-state index in [4.69, 9.17) is 10.5 Å². The van der Waals surface area contributed by atoms with Crippen LogP contribution in [0.3, 0.4) is 0 Å². The molecule has 4 rings (SSSR count). The summed E-state index contributed by atoms with van der Waals surface area (Å²) in [5.74, 6) is -0.648. The third-order valence-corrected chi connectivity index (χ3v) is 4.80. The molecule has 3 aromatic heterocycles. The molecule has 2 atom stereocenters. The maximum absolute atomic E-state index is 14.0. The van der Waals surface area contributed by atoms with E-state index in [2.05, 4.69) is 15.1 Å². The van der Waals surface area contributed by atoms with E-state index in [-0.39, 0.29) is 24.4 Å². The number of imidazole rings is 1. The van der Waals surface area contributed by atoms with Crippen molar-refractivity contribution < 1.29 is 19.0 Å². The number of aromatic carboxylic acids is 1. The molecule has 1 aliphatic heterocycles. The fourth-order valence-corrected chi connectivity index (χ4v) is 3.54. The van der Waals surface area contributed by atoms with Gasteiger partial charge in [0.2, 0.25) is 5.88 Å².